The number of hydrogen-bond acceptors (Lipinski definition) is 9. The number of aromatic amines is 1. The normalized spacial score (nSPS) is 15.1. The lowest BCUT2D eigenvalue weighted by atomic mass is 10.2. The number of thiazole rings is 1. The lowest BCUT2D eigenvalue weighted by molar-refractivity contribution is 0.165. The summed E-state index contributed by atoms with van der Waals surface area (Å²) in [6, 6.07) is 10.9. The fourth-order valence-electron chi connectivity index (χ4n) is 5.04. The standard InChI is InChI=1S/C30H37N5O5S4/c1-22(2)20-40-15-14-35(44(38,39)28-9-6-16-41-28)27-8-5-7-24-17-26(32-29(24)27)30-31-18-25(42-30)19-33-10-12-34(13-11-33)43(36,37)21-23(3)4/h5-9,16-18,32H,1,3,10-15,19-21H2,2,4H3. The molecule has 14 heteroatoms. The summed E-state index contributed by atoms with van der Waals surface area (Å²) in [4.78, 5) is 11.4. The summed E-state index contributed by atoms with van der Waals surface area (Å²) in [6.45, 7) is 14.8. The average Bonchev–Trinajstić information content (AvgIpc) is 3.73. The first-order valence-electron chi connectivity index (χ1n) is 14.1. The topological polar surface area (TPSA) is 116 Å². The Labute approximate surface area is 267 Å². The molecule has 0 saturated carbocycles. The number of nitrogens with one attached hydrogen (secondary N) is 1. The van der Waals surface area contributed by atoms with Crippen molar-refractivity contribution in [3.8, 4) is 10.7 Å². The molecule has 0 aliphatic carbocycles. The van der Waals surface area contributed by atoms with E-state index in [2.05, 4.69) is 28.0 Å². The third-order valence-electron chi connectivity index (χ3n) is 7.05. The highest BCUT2D eigenvalue weighted by molar-refractivity contribution is 7.94. The van der Waals surface area contributed by atoms with Crippen molar-refractivity contribution in [3.63, 3.8) is 0 Å². The van der Waals surface area contributed by atoms with E-state index in [1.165, 1.54) is 15.6 Å². The molecule has 1 aromatic carbocycles. The molecule has 0 spiro atoms. The van der Waals surface area contributed by atoms with Crippen LogP contribution in [0.5, 0.6) is 0 Å². The number of sulfonamides is 2. The minimum atomic E-state index is -3.82. The van der Waals surface area contributed by atoms with E-state index in [1.54, 1.807) is 46.1 Å². The molecule has 0 unspecified atom stereocenters. The molecule has 3 aromatic heterocycles. The molecule has 4 heterocycles. The Morgan fingerprint density at radius 3 is 2.52 bits per heavy atom. The SMILES string of the molecule is C=C(C)COCCN(c1cccc2cc(-c3ncc(CN4CCN(S(=O)(=O)CC(=C)C)CC4)s3)[nH]c12)S(=O)(=O)c1cccs1. The Morgan fingerprint density at radius 1 is 1.07 bits per heavy atom. The van der Waals surface area contributed by atoms with Crippen LogP contribution in [0, 0.1) is 0 Å². The van der Waals surface area contributed by atoms with Gasteiger partial charge >= 0.3 is 0 Å². The molecular formula is C30H37N5O5S4. The van der Waals surface area contributed by atoms with Crippen LogP contribution >= 0.6 is 22.7 Å². The van der Waals surface area contributed by atoms with Gasteiger partial charge in [-0.2, -0.15) is 4.31 Å². The quantitative estimate of drug-likeness (QED) is 0.145. The Kier molecular flexibility index (Phi) is 10.1. The predicted octanol–water partition coefficient (Wildman–Crippen LogP) is 5.16. The van der Waals surface area contributed by atoms with Crippen LogP contribution in [0.2, 0.25) is 0 Å². The molecular weight excluding hydrogens is 639 g/mol. The predicted molar refractivity (Wildman–Crippen MR) is 179 cm³/mol. The van der Waals surface area contributed by atoms with Gasteiger partial charge in [-0.3, -0.25) is 9.21 Å². The molecule has 0 amide bonds. The van der Waals surface area contributed by atoms with E-state index in [1.807, 2.05) is 31.3 Å². The van der Waals surface area contributed by atoms with Crippen LogP contribution in [-0.2, 0) is 31.3 Å². The highest BCUT2D eigenvalue weighted by Gasteiger charge is 2.29. The molecule has 44 heavy (non-hydrogen) atoms. The van der Waals surface area contributed by atoms with Crippen LogP contribution < -0.4 is 4.31 Å². The number of nitrogens with zero attached hydrogens (tertiary/aromatic N) is 4. The first kappa shape index (κ1) is 32.5. The van der Waals surface area contributed by atoms with Gasteiger partial charge in [0.05, 0.1) is 42.4 Å². The maximum Gasteiger partial charge on any atom is 0.273 e. The lowest BCUT2D eigenvalue weighted by Gasteiger charge is -2.33. The molecule has 1 fully saturated rings. The van der Waals surface area contributed by atoms with Gasteiger partial charge in [-0.25, -0.2) is 21.8 Å². The minimum Gasteiger partial charge on any atom is -0.375 e. The Balaban J connectivity index is 1.34. The largest absolute Gasteiger partial charge is 0.375 e. The summed E-state index contributed by atoms with van der Waals surface area (Å²) in [5.41, 5.74) is 3.54. The van der Waals surface area contributed by atoms with Crippen LogP contribution in [0.15, 0.2) is 76.5 Å². The number of para-hydroxylation sites is 1. The number of benzene rings is 1. The van der Waals surface area contributed by atoms with Crippen molar-refractivity contribution in [3.05, 3.63) is 77.2 Å². The molecule has 1 aliphatic rings. The Hall–Kier alpha value is -2.85. The van der Waals surface area contributed by atoms with Crippen LogP contribution in [0.3, 0.4) is 0 Å². The van der Waals surface area contributed by atoms with Gasteiger partial charge in [-0.05, 0) is 37.4 Å². The number of piperazine rings is 1. The van der Waals surface area contributed by atoms with E-state index in [9.17, 15) is 16.8 Å². The Bertz CT molecular complexity index is 1840. The van der Waals surface area contributed by atoms with Gasteiger partial charge in [-0.15, -0.1) is 22.7 Å². The highest BCUT2D eigenvalue weighted by atomic mass is 32.2. The van der Waals surface area contributed by atoms with Gasteiger partial charge in [0.25, 0.3) is 10.0 Å². The summed E-state index contributed by atoms with van der Waals surface area (Å²) in [5, 5.41) is 3.42. The smallest absolute Gasteiger partial charge is 0.273 e. The third kappa shape index (κ3) is 7.50. The summed E-state index contributed by atoms with van der Waals surface area (Å²) in [5.74, 6) is -0.0159. The molecule has 1 saturated heterocycles. The summed E-state index contributed by atoms with van der Waals surface area (Å²) in [6.07, 6.45) is 1.85. The molecule has 5 rings (SSSR count). The van der Waals surface area contributed by atoms with Gasteiger partial charge in [-0.1, -0.05) is 42.5 Å². The molecule has 1 aliphatic heterocycles. The molecule has 10 nitrogen and oxygen atoms in total. The van der Waals surface area contributed by atoms with Crippen molar-refractivity contribution in [2.45, 2.75) is 24.6 Å². The third-order valence-corrected chi connectivity index (χ3v) is 13.3. The monoisotopic (exact) mass is 675 g/mol. The minimum absolute atomic E-state index is 0.0159. The second-order valence-corrected chi connectivity index (χ2v) is 17.1. The van der Waals surface area contributed by atoms with E-state index >= 15 is 0 Å². The lowest BCUT2D eigenvalue weighted by Crippen LogP contribution is -2.48. The van der Waals surface area contributed by atoms with E-state index in [-0.39, 0.29) is 23.1 Å². The summed E-state index contributed by atoms with van der Waals surface area (Å²) >= 11 is 2.74. The number of ether oxygens (including phenoxy) is 1. The first-order chi connectivity index (χ1) is 20.9. The van der Waals surface area contributed by atoms with Crippen LogP contribution in [0.1, 0.15) is 18.7 Å². The van der Waals surface area contributed by atoms with E-state index in [0.29, 0.717) is 56.1 Å². The van der Waals surface area contributed by atoms with Gasteiger partial charge in [0.1, 0.15) is 9.22 Å². The van der Waals surface area contributed by atoms with Crippen molar-refractivity contribution in [1.29, 1.82) is 0 Å². The van der Waals surface area contributed by atoms with Gasteiger partial charge in [0.2, 0.25) is 10.0 Å². The first-order valence-corrected chi connectivity index (χ1v) is 18.9. The van der Waals surface area contributed by atoms with E-state index in [0.717, 1.165) is 26.5 Å². The number of hydrogen-bond donors (Lipinski definition) is 1. The second-order valence-electron chi connectivity index (χ2n) is 11.0. The van der Waals surface area contributed by atoms with E-state index in [4.69, 9.17) is 4.74 Å². The van der Waals surface area contributed by atoms with Gasteiger partial charge in [0.15, 0.2) is 0 Å². The van der Waals surface area contributed by atoms with Crippen molar-refractivity contribution in [2.75, 3.05) is 56.0 Å². The number of fused-ring (bicyclic) bond motifs is 1. The average molecular weight is 676 g/mol. The summed E-state index contributed by atoms with van der Waals surface area (Å²) in [7, 11) is -7.15. The molecule has 4 aromatic rings. The number of thiophene rings is 1. The summed E-state index contributed by atoms with van der Waals surface area (Å²) < 4.78 is 61.5. The zero-order valence-corrected chi connectivity index (χ0v) is 28.1. The molecule has 0 bridgehead atoms. The fourth-order valence-corrected chi connectivity index (χ4v) is 10.1. The molecule has 0 atom stereocenters. The molecule has 0 radical (unpaired) electrons. The van der Waals surface area contributed by atoms with Crippen molar-refractivity contribution in [2.24, 2.45) is 0 Å². The number of aromatic nitrogens is 2. The van der Waals surface area contributed by atoms with Crippen molar-refractivity contribution < 1.29 is 21.6 Å². The zero-order valence-electron chi connectivity index (χ0n) is 24.9. The number of anilines is 1. The maximum atomic E-state index is 13.8. The van der Waals surface area contributed by atoms with E-state index < -0.39 is 20.0 Å². The zero-order chi connectivity index (χ0) is 31.5. The van der Waals surface area contributed by atoms with Crippen molar-refractivity contribution >= 4 is 59.3 Å². The van der Waals surface area contributed by atoms with Crippen LogP contribution in [0.4, 0.5) is 5.69 Å². The highest BCUT2D eigenvalue weighted by Crippen LogP contribution is 2.35. The molecule has 236 valence electrons. The van der Waals surface area contributed by atoms with Gasteiger partial charge in [0, 0.05) is 49.2 Å². The van der Waals surface area contributed by atoms with Crippen LogP contribution in [-0.4, -0.2) is 87.7 Å². The number of H-pyrrole nitrogens is 1. The second kappa shape index (κ2) is 13.6. The number of rotatable bonds is 14. The molecule has 1 N–H and O–H groups in total. The van der Waals surface area contributed by atoms with Crippen LogP contribution in [0.25, 0.3) is 21.6 Å². The Morgan fingerprint density at radius 2 is 1.84 bits per heavy atom. The van der Waals surface area contributed by atoms with Gasteiger partial charge < -0.3 is 9.72 Å². The van der Waals surface area contributed by atoms with Crippen molar-refractivity contribution in [1.82, 2.24) is 19.2 Å². The fraction of sp³-hybridized carbons (Fsp3) is 0.367. The maximum absolute atomic E-state index is 13.8.